The van der Waals surface area contributed by atoms with E-state index in [1.54, 1.807) is 0 Å². The first kappa shape index (κ1) is 41.6. The summed E-state index contributed by atoms with van der Waals surface area (Å²) in [5, 5.41) is 4.89. The molecular weight excluding hydrogens is 911 g/mol. The number of hydrogen-bond acceptors (Lipinski definition) is 3. The van der Waals surface area contributed by atoms with E-state index in [1.807, 2.05) is 6.07 Å². The zero-order chi connectivity index (χ0) is 49.2. The molecule has 348 valence electrons. The van der Waals surface area contributed by atoms with Crippen LogP contribution in [0.4, 0.5) is 0 Å². The molecule has 1 spiro atoms. The second kappa shape index (κ2) is 16.0. The maximum absolute atomic E-state index is 5.32. The van der Waals surface area contributed by atoms with Crippen LogP contribution in [-0.2, 0) is 5.41 Å². The molecule has 3 heterocycles. The van der Waals surface area contributed by atoms with E-state index in [0.717, 1.165) is 55.7 Å². The van der Waals surface area contributed by atoms with Gasteiger partial charge in [0, 0.05) is 55.2 Å². The van der Waals surface area contributed by atoms with Crippen molar-refractivity contribution in [1.82, 2.24) is 24.1 Å². The van der Waals surface area contributed by atoms with Crippen molar-refractivity contribution in [3.05, 3.63) is 283 Å². The Kier molecular flexibility index (Phi) is 8.89. The highest BCUT2D eigenvalue weighted by molar-refractivity contribution is 6.17. The molecular formula is C70H43N5. The highest BCUT2D eigenvalue weighted by Gasteiger charge is 2.52. The summed E-state index contributed by atoms with van der Waals surface area (Å²) in [6.07, 6.45) is 0. The Hall–Kier alpha value is -9.97. The van der Waals surface area contributed by atoms with Gasteiger partial charge in [0.05, 0.1) is 27.5 Å². The van der Waals surface area contributed by atoms with E-state index >= 15 is 0 Å². The van der Waals surface area contributed by atoms with Gasteiger partial charge in [-0.15, -0.1) is 0 Å². The van der Waals surface area contributed by atoms with E-state index < -0.39 is 5.41 Å². The van der Waals surface area contributed by atoms with Gasteiger partial charge in [0.2, 0.25) is 0 Å². The number of para-hydroxylation sites is 3. The summed E-state index contributed by atoms with van der Waals surface area (Å²) in [5.74, 6) is 1.82. The van der Waals surface area contributed by atoms with Crippen LogP contribution in [-0.4, -0.2) is 24.1 Å². The third kappa shape index (κ3) is 5.98. The third-order valence-corrected chi connectivity index (χ3v) is 16.0. The molecule has 0 fully saturated rings. The lowest BCUT2D eigenvalue weighted by Crippen LogP contribution is -2.25. The van der Waals surface area contributed by atoms with Crippen molar-refractivity contribution in [2.24, 2.45) is 0 Å². The van der Waals surface area contributed by atoms with Crippen molar-refractivity contribution in [2.45, 2.75) is 5.41 Å². The number of aromatic nitrogens is 5. The number of fused-ring (bicyclic) bond motifs is 17. The van der Waals surface area contributed by atoms with E-state index in [0.29, 0.717) is 17.5 Å². The SMILES string of the molecule is c1ccc(-c2ccc(-c3nc(-c4ccc(-n5c6ccccc6c6ccc7c(c65)-c5ccccc5C75c6ccccc6-c6ccccc65)cc4)nc(-c4cccc(-n5c6ccccc6c6ccccc65)c4)n3)cc2)cc1. The quantitative estimate of drug-likeness (QED) is 0.167. The van der Waals surface area contributed by atoms with Crippen molar-refractivity contribution in [3.8, 4) is 78.9 Å². The van der Waals surface area contributed by atoms with Crippen LogP contribution in [0, 0.1) is 0 Å². The van der Waals surface area contributed by atoms with Crippen LogP contribution >= 0.6 is 0 Å². The van der Waals surface area contributed by atoms with E-state index in [1.165, 1.54) is 71.6 Å². The first-order valence-corrected chi connectivity index (χ1v) is 25.7. The van der Waals surface area contributed by atoms with Crippen LogP contribution in [0.3, 0.4) is 0 Å². The predicted molar refractivity (Wildman–Crippen MR) is 307 cm³/mol. The minimum absolute atomic E-state index is 0.447. The van der Waals surface area contributed by atoms with E-state index in [4.69, 9.17) is 15.0 Å². The summed E-state index contributed by atoms with van der Waals surface area (Å²) in [7, 11) is 0. The highest BCUT2D eigenvalue weighted by atomic mass is 15.0. The summed E-state index contributed by atoms with van der Waals surface area (Å²) < 4.78 is 4.82. The fourth-order valence-corrected chi connectivity index (χ4v) is 12.8. The van der Waals surface area contributed by atoms with Gasteiger partial charge < -0.3 is 9.13 Å². The standard InChI is InChI=1S/C70H43N5/c1-2-17-44(18-3-1)45-33-35-46(36-34-45)67-71-68(73-69(72-67)48-19-16-20-50(43-48)74-62-30-13-7-23-53(62)54-24-8-14-31-63(54)74)47-37-39-49(40-38-47)75-64-32-15-9-25-55(64)56-41-42-61-65(66(56)75)57-26-6-12-29-60(57)70(61)58-27-10-4-21-51(58)52-22-5-11-28-59(52)70/h1-43H. The topological polar surface area (TPSA) is 48.5 Å². The van der Waals surface area contributed by atoms with Crippen LogP contribution in [0.1, 0.15) is 22.3 Å². The predicted octanol–water partition coefficient (Wildman–Crippen LogP) is 17.1. The summed E-state index contributed by atoms with van der Waals surface area (Å²) in [5.41, 5.74) is 21.8. The van der Waals surface area contributed by atoms with Gasteiger partial charge in [-0.05, 0) is 105 Å². The fraction of sp³-hybridized carbons (Fsp3) is 0.0143. The molecule has 0 atom stereocenters. The largest absolute Gasteiger partial charge is 0.309 e. The fourth-order valence-electron chi connectivity index (χ4n) is 12.8. The normalized spacial score (nSPS) is 12.9. The molecule has 5 heteroatoms. The number of benzene rings is 11. The lowest BCUT2D eigenvalue weighted by Gasteiger charge is -2.30. The molecule has 3 aromatic heterocycles. The van der Waals surface area contributed by atoms with Crippen LogP contribution in [0.15, 0.2) is 261 Å². The molecule has 0 saturated carbocycles. The van der Waals surface area contributed by atoms with Crippen molar-refractivity contribution >= 4 is 43.6 Å². The molecule has 0 unspecified atom stereocenters. The molecule has 2 aliphatic carbocycles. The molecule has 14 aromatic rings. The second-order valence-corrected chi connectivity index (χ2v) is 19.8. The van der Waals surface area contributed by atoms with Gasteiger partial charge in [0.15, 0.2) is 17.5 Å². The minimum atomic E-state index is -0.447. The van der Waals surface area contributed by atoms with Crippen molar-refractivity contribution in [1.29, 1.82) is 0 Å². The van der Waals surface area contributed by atoms with Gasteiger partial charge in [-0.1, -0.05) is 206 Å². The monoisotopic (exact) mass is 953 g/mol. The molecule has 5 nitrogen and oxygen atoms in total. The zero-order valence-corrected chi connectivity index (χ0v) is 40.6. The first-order chi connectivity index (χ1) is 37.2. The van der Waals surface area contributed by atoms with Gasteiger partial charge in [-0.25, -0.2) is 15.0 Å². The summed E-state index contributed by atoms with van der Waals surface area (Å²) in [6, 6.07) is 94.4. The molecule has 0 saturated heterocycles. The lowest BCUT2D eigenvalue weighted by molar-refractivity contribution is 0.794. The smallest absolute Gasteiger partial charge is 0.164 e. The average molecular weight is 954 g/mol. The Bertz CT molecular complexity index is 4540. The first-order valence-electron chi connectivity index (χ1n) is 25.7. The Morgan fingerprint density at radius 3 is 1.32 bits per heavy atom. The molecule has 0 radical (unpaired) electrons. The van der Waals surface area contributed by atoms with Gasteiger partial charge in [0.1, 0.15) is 0 Å². The molecule has 75 heavy (non-hydrogen) atoms. The zero-order valence-electron chi connectivity index (χ0n) is 40.6. The van der Waals surface area contributed by atoms with Crippen LogP contribution < -0.4 is 0 Å². The highest BCUT2D eigenvalue weighted by Crippen LogP contribution is 2.64. The maximum atomic E-state index is 5.32. The van der Waals surface area contributed by atoms with E-state index in [2.05, 4.69) is 264 Å². The summed E-state index contributed by atoms with van der Waals surface area (Å²) >= 11 is 0. The Balaban J connectivity index is 0.870. The molecule has 11 aromatic carbocycles. The number of nitrogens with zero attached hydrogens (tertiary/aromatic N) is 5. The van der Waals surface area contributed by atoms with E-state index in [9.17, 15) is 0 Å². The lowest BCUT2D eigenvalue weighted by atomic mass is 9.70. The average Bonchev–Trinajstić information content (AvgIpc) is 4.39. The number of hydrogen-bond donors (Lipinski definition) is 0. The third-order valence-electron chi connectivity index (χ3n) is 16.0. The summed E-state index contributed by atoms with van der Waals surface area (Å²) in [4.78, 5) is 15.8. The Labute approximate surface area is 433 Å². The van der Waals surface area contributed by atoms with Gasteiger partial charge in [-0.2, -0.15) is 0 Å². The van der Waals surface area contributed by atoms with Gasteiger partial charge in [-0.3, -0.25) is 0 Å². The minimum Gasteiger partial charge on any atom is -0.309 e. The Morgan fingerprint density at radius 2 is 0.707 bits per heavy atom. The van der Waals surface area contributed by atoms with Crippen LogP contribution in [0.5, 0.6) is 0 Å². The van der Waals surface area contributed by atoms with Crippen molar-refractivity contribution in [2.75, 3.05) is 0 Å². The molecule has 0 aliphatic heterocycles. The van der Waals surface area contributed by atoms with Crippen molar-refractivity contribution < 1.29 is 0 Å². The molecule has 0 amide bonds. The molecule has 0 N–H and O–H groups in total. The second-order valence-electron chi connectivity index (χ2n) is 19.8. The summed E-state index contributed by atoms with van der Waals surface area (Å²) in [6.45, 7) is 0. The van der Waals surface area contributed by atoms with Gasteiger partial charge >= 0.3 is 0 Å². The molecule has 0 bridgehead atoms. The maximum Gasteiger partial charge on any atom is 0.164 e. The van der Waals surface area contributed by atoms with Crippen LogP contribution in [0.25, 0.3) is 123 Å². The van der Waals surface area contributed by atoms with Crippen molar-refractivity contribution in [3.63, 3.8) is 0 Å². The molecule has 2 aliphatic rings. The van der Waals surface area contributed by atoms with E-state index in [-0.39, 0.29) is 0 Å². The van der Waals surface area contributed by atoms with Crippen LogP contribution in [0.2, 0.25) is 0 Å². The van der Waals surface area contributed by atoms with Gasteiger partial charge in [0.25, 0.3) is 0 Å². The molecule has 16 rings (SSSR count). The Morgan fingerprint density at radius 1 is 0.267 bits per heavy atom. The number of rotatable bonds is 6.